The Labute approximate surface area is 170 Å². The number of ether oxygens (including phenoxy) is 1. The van der Waals surface area contributed by atoms with Gasteiger partial charge in [-0.2, -0.15) is 0 Å². The minimum absolute atomic E-state index is 0.189. The quantitative estimate of drug-likeness (QED) is 0.623. The zero-order chi connectivity index (χ0) is 20.2. The average Bonchev–Trinajstić information content (AvgIpc) is 3.04. The lowest BCUT2D eigenvalue weighted by Gasteiger charge is -2.10. The maximum absolute atomic E-state index is 12.3. The van der Waals surface area contributed by atoms with Crippen molar-refractivity contribution in [1.82, 2.24) is 5.32 Å². The third-order valence-electron chi connectivity index (χ3n) is 4.24. The molecule has 0 unspecified atom stereocenters. The van der Waals surface area contributed by atoms with Gasteiger partial charge in [-0.1, -0.05) is 48.5 Å². The van der Waals surface area contributed by atoms with Crippen LogP contribution in [0.5, 0.6) is 5.75 Å². The van der Waals surface area contributed by atoms with Gasteiger partial charge in [-0.15, -0.1) is 0 Å². The second-order valence-electron chi connectivity index (χ2n) is 6.29. The van der Waals surface area contributed by atoms with Crippen molar-refractivity contribution in [3.05, 3.63) is 77.2 Å². The first kappa shape index (κ1) is 18.8. The molecular formula is C22H16N2O4S. The highest BCUT2D eigenvalue weighted by atomic mass is 32.2. The summed E-state index contributed by atoms with van der Waals surface area (Å²) in [7, 11) is 0. The summed E-state index contributed by atoms with van der Waals surface area (Å²) in [4.78, 5) is 35.6. The van der Waals surface area contributed by atoms with Gasteiger partial charge in [0.25, 0.3) is 17.1 Å². The third-order valence-corrected chi connectivity index (χ3v) is 5.05. The number of rotatable bonds is 5. The number of nitrogens with one attached hydrogen (secondary N) is 2. The highest BCUT2D eigenvalue weighted by molar-refractivity contribution is 8.18. The fraction of sp³-hybridized carbons (Fsp3) is 0.0455. The van der Waals surface area contributed by atoms with Gasteiger partial charge in [-0.3, -0.25) is 19.7 Å². The molecule has 0 spiro atoms. The third kappa shape index (κ3) is 4.47. The Morgan fingerprint density at radius 2 is 1.76 bits per heavy atom. The monoisotopic (exact) mass is 404 g/mol. The van der Waals surface area contributed by atoms with Gasteiger partial charge in [0, 0.05) is 11.3 Å². The molecule has 1 aliphatic rings. The SMILES string of the molecule is O=C(COc1ccccc1/C=C1\SC(=O)NC1=O)Nc1ccc2ccccc2c1. The zero-order valence-electron chi connectivity index (χ0n) is 15.2. The van der Waals surface area contributed by atoms with E-state index in [1.807, 2.05) is 42.5 Å². The van der Waals surface area contributed by atoms with Crippen LogP contribution in [0.1, 0.15) is 5.56 Å². The Morgan fingerprint density at radius 1 is 1.00 bits per heavy atom. The molecule has 0 atom stereocenters. The lowest BCUT2D eigenvalue weighted by atomic mass is 10.1. The van der Waals surface area contributed by atoms with Gasteiger partial charge >= 0.3 is 0 Å². The summed E-state index contributed by atoms with van der Waals surface area (Å²) >= 11 is 0.831. The Kier molecular flexibility index (Phi) is 5.31. The number of anilines is 1. The summed E-state index contributed by atoms with van der Waals surface area (Å²) in [6.45, 7) is -0.189. The smallest absolute Gasteiger partial charge is 0.290 e. The summed E-state index contributed by atoms with van der Waals surface area (Å²) in [6, 6.07) is 20.6. The van der Waals surface area contributed by atoms with E-state index in [9.17, 15) is 14.4 Å². The van der Waals surface area contributed by atoms with Crippen molar-refractivity contribution in [3.63, 3.8) is 0 Å². The molecule has 3 amide bonds. The number of fused-ring (bicyclic) bond motifs is 1. The molecule has 0 aliphatic carbocycles. The molecule has 3 aromatic carbocycles. The van der Waals surface area contributed by atoms with Crippen molar-refractivity contribution in [3.8, 4) is 5.75 Å². The molecule has 4 rings (SSSR count). The van der Waals surface area contributed by atoms with Crippen LogP contribution in [0.2, 0.25) is 0 Å². The van der Waals surface area contributed by atoms with Crippen molar-refractivity contribution in [1.29, 1.82) is 0 Å². The number of hydrogen-bond donors (Lipinski definition) is 2. The number of hydrogen-bond acceptors (Lipinski definition) is 5. The van der Waals surface area contributed by atoms with Crippen molar-refractivity contribution in [2.24, 2.45) is 0 Å². The summed E-state index contributed by atoms with van der Waals surface area (Å²) < 4.78 is 5.65. The number of carbonyl (C=O) groups is 3. The highest BCUT2D eigenvalue weighted by Gasteiger charge is 2.25. The summed E-state index contributed by atoms with van der Waals surface area (Å²) in [5.74, 6) is -0.295. The fourth-order valence-corrected chi connectivity index (χ4v) is 3.57. The van der Waals surface area contributed by atoms with E-state index < -0.39 is 11.1 Å². The Hall–Kier alpha value is -3.58. The minimum Gasteiger partial charge on any atom is -0.483 e. The van der Waals surface area contributed by atoms with Crippen LogP contribution in [0, 0.1) is 0 Å². The maximum Gasteiger partial charge on any atom is 0.290 e. The predicted molar refractivity (Wildman–Crippen MR) is 114 cm³/mol. The first-order chi connectivity index (χ1) is 14.1. The topological polar surface area (TPSA) is 84.5 Å². The molecule has 0 saturated carbocycles. The summed E-state index contributed by atoms with van der Waals surface area (Å²) in [6.07, 6.45) is 1.57. The normalized spacial score (nSPS) is 14.8. The number of imide groups is 1. The Balaban J connectivity index is 1.43. The van der Waals surface area contributed by atoms with Crippen molar-refractivity contribution in [2.45, 2.75) is 0 Å². The second kappa shape index (κ2) is 8.20. The standard InChI is InChI=1S/C22H16N2O4S/c25-20(23-17-10-9-14-5-1-2-6-15(14)11-17)13-28-18-8-4-3-7-16(18)12-19-21(26)24-22(27)29-19/h1-12H,13H2,(H,23,25)(H,24,26,27)/b19-12-. The zero-order valence-corrected chi connectivity index (χ0v) is 16.0. The van der Waals surface area contributed by atoms with Gasteiger partial charge in [0.1, 0.15) is 5.75 Å². The first-order valence-corrected chi connectivity index (χ1v) is 9.65. The van der Waals surface area contributed by atoms with E-state index in [-0.39, 0.29) is 17.4 Å². The molecule has 0 radical (unpaired) electrons. The number of carbonyl (C=O) groups excluding carboxylic acids is 3. The van der Waals surface area contributed by atoms with Crippen LogP contribution in [-0.4, -0.2) is 23.7 Å². The van der Waals surface area contributed by atoms with Crippen LogP contribution in [0.4, 0.5) is 10.5 Å². The maximum atomic E-state index is 12.3. The molecule has 144 valence electrons. The summed E-state index contributed by atoms with van der Waals surface area (Å²) in [5.41, 5.74) is 1.29. The number of para-hydroxylation sites is 1. The van der Waals surface area contributed by atoms with Crippen molar-refractivity contribution >= 4 is 51.4 Å². The van der Waals surface area contributed by atoms with Crippen LogP contribution in [-0.2, 0) is 9.59 Å². The molecule has 1 aliphatic heterocycles. The van der Waals surface area contributed by atoms with E-state index in [0.717, 1.165) is 22.5 Å². The molecule has 1 saturated heterocycles. The molecule has 2 N–H and O–H groups in total. The molecule has 3 aromatic rings. The van der Waals surface area contributed by atoms with Gasteiger partial charge < -0.3 is 10.1 Å². The van der Waals surface area contributed by atoms with Crippen molar-refractivity contribution < 1.29 is 19.1 Å². The molecule has 1 heterocycles. The van der Waals surface area contributed by atoms with Crippen LogP contribution >= 0.6 is 11.8 Å². The molecule has 7 heteroatoms. The average molecular weight is 404 g/mol. The van der Waals surface area contributed by atoms with E-state index in [2.05, 4.69) is 10.6 Å². The van der Waals surface area contributed by atoms with Gasteiger partial charge in [-0.05, 0) is 46.8 Å². The molecule has 0 aromatic heterocycles. The number of benzene rings is 3. The van der Waals surface area contributed by atoms with E-state index in [4.69, 9.17) is 4.74 Å². The molecule has 0 bridgehead atoms. The van der Waals surface area contributed by atoms with Gasteiger partial charge in [0.2, 0.25) is 0 Å². The largest absolute Gasteiger partial charge is 0.483 e. The van der Waals surface area contributed by atoms with Gasteiger partial charge in [0.15, 0.2) is 6.61 Å². The number of amides is 3. The lowest BCUT2D eigenvalue weighted by Crippen LogP contribution is -2.20. The Bertz CT molecular complexity index is 1160. The van der Waals surface area contributed by atoms with Gasteiger partial charge in [-0.25, -0.2) is 0 Å². The van der Waals surface area contributed by atoms with Crippen LogP contribution < -0.4 is 15.4 Å². The van der Waals surface area contributed by atoms with Crippen LogP contribution in [0.25, 0.3) is 16.8 Å². The lowest BCUT2D eigenvalue weighted by molar-refractivity contribution is -0.118. The number of thioether (sulfide) groups is 1. The van der Waals surface area contributed by atoms with Crippen molar-refractivity contribution in [2.75, 3.05) is 11.9 Å². The van der Waals surface area contributed by atoms with E-state index in [1.165, 1.54) is 0 Å². The molecule has 1 fully saturated rings. The fourth-order valence-electron chi connectivity index (χ4n) is 2.90. The minimum atomic E-state index is -0.441. The van der Waals surface area contributed by atoms with Crippen LogP contribution in [0.15, 0.2) is 71.6 Å². The first-order valence-electron chi connectivity index (χ1n) is 8.84. The van der Waals surface area contributed by atoms with Gasteiger partial charge in [0.05, 0.1) is 4.91 Å². The van der Waals surface area contributed by atoms with Crippen LogP contribution in [0.3, 0.4) is 0 Å². The predicted octanol–water partition coefficient (Wildman–Crippen LogP) is 4.18. The molecule has 29 heavy (non-hydrogen) atoms. The molecular weight excluding hydrogens is 388 g/mol. The highest BCUT2D eigenvalue weighted by Crippen LogP contribution is 2.29. The van der Waals surface area contributed by atoms with E-state index >= 15 is 0 Å². The second-order valence-corrected chi connectivity index (χ2v) is 7.30. The van der Waals surface area contributed by atoms with E-state index in [0.29, 0.717) is 17.0 Å². The summed E-state index contributed by atoms with van der Waals surface area (Å²) in [5, 5.41) is 6.74. The molecule has 6 nitrogen and oxygen atoms in total. The van der Waals surface area contributed by atoms with E-state index in [1.54, 1.807) is 30.3 Å². The Morgan fingerprint density at radius 3 is 2.55 bits per heavy atom.